The maximum atomic E-state index is 12.5. The molecule has 0 unspecified atom stereocenters. The highest BCUT2D eigenvalue weighted by atomic mass is 79.9. The Hall–Kier alpha value is -0.120. The summed E-state index contributed by atoms with van der Waals surface area (Å²) in [5.74, 6) is -0.255. The van der Waals surface area contributed by atoms with Gasteiger partial charge in [-0.25, -0.2) is 4.39 Å². The second-order valence-corrected chi connectivity index (χ2v) is 2.90. The van der Waals surface area contributed by atoms with Crippen molar-refractivity contribution >= 4 is 28.3 Å². The molecule has 0 saturated heterocycles. The molecular weight excluding hydrogens is 232 g/mol. The minimum Gasteiger partial charge on any atom is -0.326 e. The van der Waals surface area contributed by atoms with Crippen LogP contribution in [0.3, 0.4) is 0 Å². The first kappa shape index (κ1) is 10.9. The average Bonchev–Trinajstić information content (AvgIpc) is 1.85. The van der Waals surface area contributed by atoms with Crippen molar-refractivity contribution in [1.29, 1.82) is 0 Å². The normalized spacial score (nSPS) is 9.00. The average molecular weight is 241 g/mol. The van der Waals surface area contributed by atoms with E-state index in [1.165, 1.54) is 12.1 Å². The zero-order valence-electron chi connectivity index (χ0n) is 5.68. The van der Waals surface area contributed by atoms with E-state index >= 15 is 0 Å². The molecule has 0 aliphatic rings. The van der Waals surface area contributed by atoms with Gasteiger partial charge in [0.15, 0.2) is 0 Å². The minimum atomic E-state index is -0.255. The van der Waals surface area contributed by atoms with E-state index in [4.69, 9.17) is 5.73 Å². The Bertz CT molecular complexity index is 222. The molecule has 0 aliphatic carbocycles. The van der Waals surface area contributed by atoms with Crippen molar-refractivity contribution < 1.29 is 4.39 Å². The number of halogens is 3. The molecule has 62 valence electrons. The van der Waals surface area contributed by atoms with Gasteiger partial charge in [0.2, 0.25) is 0 Å². The lowest BCUT2D eigenvalue weighted by Crippen LogP contribution is -1.96. The highest BCUT2D eigenvalue weighted by Gasteiger charge is 1.95. The van der Waals surface area contributed by atoms with Crippen LogP contribution in [0.25, 0.3) is 0 Å². The zero-order chi connectivity index (χ0) is 7.56. The molecule has 0 spiro atoms. The lowest BCUT2D eigenvalue weighted by Gasteiger charge is -1.96. The summed E-state index contributed by atoms with van der Waals surface area (Å²) in [5, 5.41) is 0. The predicted octanol–water partition coefficient (Wildman–Crippen LogP) is 2.47. The molecule has 0 atom stereocenters. The molecule has 1 aromatic rings. The van der Waals surface area contributed by atoms with Crippen molar-refractivity contribution in [3.05, 3.63) is 34.1 Å². The Morgan fingerprint density at radius 2 is 2.00 bits per heavy atom. The SMILES string of the molecule is Cl.NCc1cc(F)cc(Br)c1. The van der Waals surface area contributed by atoms with Gasteiger partial charge in [0, 0.05) is 11.0 Å². The molecule has 1 rings (SSSR count). The van der Waals surface area contributed by atoms with Crippen LogP contribution < -0.4 is 5.73 Å². The predicted molar refractivity (Wildman–Crippen MR) is 49.2 cm³/mol. The van der Waals surface area contributed by atoms with Gasteiger partial charge in [-0.2, -0.15) is 0 Å². The number of benzene rings is 1. The molecular formula is C7H8BrClFN. The molecule has 0 aliphatic heterocycles. The van der Waals surface area contributed by atoms with Crippen LogP contribution in [0, 0.1) is 5.82 Å². The van der Waals surface area contributed by atoms with E-state index in [0.717, 1.165) is 10.0 Å². The third-order valence-electron chi connectivity index (χ3n) is 1.16. The standard InChI is InChI=1S/C7H7BrFN.ClH/c8-6-1-5(4-10)2-7(9)3-6;/h1-3H,4,10H2;1H. The Morgan fingerprint density at radius 1 is 1.36 bits per heavy atom. The van der Waals surface area contributed by atoms with Gasteiger partial charge >= 0.3 is 0 Å². The van der Waals surface area contributed by atoms with Crippen molar-refractivity contribution in [2.75, 3.05) is 0 Å². The van der Waals surface area contributed by atoms with Crippen molar-refractivity contribution in [2.24, 2.45) is 5.73 Å². The van der Waals surface area contributed by atoms with Crippen LogP contribution in [0.4, 0.5) is 4.39 Å². The van der Waals surface area contributed by atoms with E-state index in [2.05, 4.69) is 15.9 Å². The Kier molecular flexibility index (Phi) is 4.65. The van der Waals surface area contributed by atoms with Gasteiger partial charge in [-0.15, -0.1) is 12.4 Å². The fraction of sp³-hybridized carbons (Fsp3) is 0.143. The molecule has 0 bridgehead atoms. The molecule has 0 radical (unpaired) electrons. The van der Waals surface area contributed by atoms with Gasteiger partial charge in [-0.05, 0) is 23.8 Å². The molecule has 0 aromatic heterocycles. The molecule has 4 heteroatoms. The van der Waals surface area contributed by atoms with Crippen LogP contribution in [0.15, 0.2) is 22.7 Å². The van der Waals surface area contributed by atoms with Crippen LogP contribution in [0.1, 0.15) is 5.56 Å². The maximum Gasteiger partial charge on any atom is 0.124 e. The number of hydrogen-bond donors (Lipinski definition) is 1. The Morgan fingerprint density at radius 3 is 2.45 bits per heavy atom. The zero-order valence-corrected chi connectivity index (χ0v) is 8.08. The third-order valence-corrected chi connectivity index (χ3v) is 1.62. The number of rotatable bonds is 1. The Labute approximate surface area is 79.3 Å². The van der Waals surface area contributed by atoms with Gasteiger partial charge in [-0.1, -0.05) is 15.9 Å². The van der Waals surface area contributed by atoms with Crippen LogP contribution in [-0.4, -0.2) is 0 Å². The maximum absolute atomic E-state index is 12.5. The van der Waals surface area contributed by atoms with E-state index in [9.17, 15) is 4.39 Å². The van der Waals surface area contributed by atoms with Crippen molar-refractivity contribution in [2.45, 2.75) is 6.54 Å². The van der Waals surface area contributed by atoms with Gasteiger partial charge < -0.3 is 5.73 Å². The Balaban J connectivity index is 0.000001000. The summed E-state index contributed by atoms with van der Waals surface area (Å²) in [6, 6.07) is 4.62. The second kappa shape index (κ2) is 4.70. The largest absolute Gasteiger partial charge is 0.326 e. The van der Waals surface area contributed by atoms with Crippen LogP contribution >= 0.6 is 28.3 Å². The fourth-order valence-corrected chi connectivity index (χ4v) is 1.24. The van der Waals surface area contributed by atoms with Crippen LogP contribution in [0.5, 0.6) is 0 Å². The molecule has 0 saturated carbocycles. The van der Waals surface area contributed by atoms with Gasteiger partial charge in [0.05, 0.1) is 0 Å². The molecule has 1 aromatic carbocycles. The van der Waals surface area contributed by atoms with Crippen molar-refractivity contribution in [3.8, 4) is 0 Å². The summed E-state index contributed by atoms with van der Waals surface area (Å²) in [6.45, 7) is 0.371. The molecule has 0 heterocycles. The summed E-state index contributed by atoms with van der Waals surface area (Å²) >= 11 is 3.16. The minimum absolute atomic E-state index is 0. The monoisotopic (exact) mass is 239 g/mol. The summed E-state index contributed by atoms with van der Waals surface area (Å²) in [6.07, 6.45) is 0. The molecule has 0 fully saturated rings. The summed E-state index contributed by atoms with van der Waals surface area (Å²) in [5.41, 5.74) is 6.10. The van der Waals surface area contributed by atoms with E-state index in [1.54, 1.807) is 6.07 Å². The first-order valence-electron chi connectivity index (χ1n) is 2.87. The summed E-state index contributed by atoms with van der Waals surface area (Å²) < 4.78 is 13.3. The molecule has 1 nitrogen and oxygen atoms in total. The first-order valence-corrected chi connectivity index (χ1v) is 3.66. The molecule has 11 heavy (non-hydrogen) atoms. The van der Waals surface area contributed by atoms with E-state index in [0.29, 0.717) is 6.54 Å². The van der Waals surface area contributed by atoms with Crippen LogP contribution in [0.2, 0.25) is 0 Å². The van der Waals surface area contributed by atoms with E-state index in [-0.39, 0.29) is 18.2 Å². The first-order chi connectivity index (χ1) is 4.72. The highest BCUT2D eigenvalue weighted by molar-refractivity contribution is 9.10. The quantitative estimate of drug-likeness (QED) is 0.802. The number of hydrogen-bond acceptors (Lipinski definition) is 1. The summed E-state index contributed by atoms with van der Waals surface area (Å²) in [7, 11) is 0. The second-order valence-electron chi connectivity index (χ2n) is 1.98. The fourth-order valence-electron chi connectivity index (χ4n) is 0.729. The number of nitrogens with two attached hydrogens (primary N) is 1. The molecule has 2 N–H and O–H groups in total. The summed E-state index contributed by atoms with van der Waals surface area (Å²) in [4.78, 5) is 0. The lowest BCUT2D eigenvalue weighted by molar-refractivity contribution is 0.624. The van der Waals surface area contributed by atoms with Crippen molar-refractivity contribution in [1.82, 2.24) is 0 Å². The van der Waals surface area contributed by atoms with Gasteiger partial charge in [0.25, 0.3) is 0 Å². The lowest BCUT2D eigenvalue weighted by atomic mass is 10.2. The van der Waals surface area contributed by atoms with E-state index in [1.807, 2.05) is 0 Å². The highest BCUT2D eigenvalue weighted by Crippen LogP contribution is 2.13. The van der Waals surface area contributed by atoms with Crippen LogP contribution in [-0.2, 0) is 6.54 Å². The topological polar surface area (TPSA) is 26.0 Å². The third kappa shape index (κ3) is 3.18. The smallest absolute Gasteiger partial charge is 0.124 e. The molecule has 0 amide bonds. The van der Waals surface area contributed by atoms with Crippen molar-refractivity contribution in [3.63, 3.8) is 0 Å². The van der Waals surface area contributed by atoms with Gasteiger partial charge in [0.1, 0.15) is 5.82 Å². The van der Waals surface area contributed by atoms with E-state index < -0.39 is 0 Å². The van der Waals surface area contributed by atoms with Gasteiger partial charge in [-0.3, -0.25) is 0 Å².